The van der Waals surface area contributed by atoms with Crippen molar-refractivity contribution in [3.8, 4) is 22.8 Å². The molecule has 1 amide bonds. The fraction of sp³-hybridized carbons (Fsp3) is 0.167. The average Bonchev–Trinajstić information content (AvgIpc) is 3.19. The second-order valence-electron chi connectivity index (χ2n) is 7.77. The van der Waals surface area contributed by atoms with Gasteiger partial charge < -0.3 is 15.1 Å². The van der Waals surface area contributed by atoms with Crippen LogP contribution in [0.15, 0.2) is 54.6 Å². The van der Waals surface area contributed by atoms with E-state index in [1.165, 1.54) is 12.1 Å². The van der Waals surface area contributed by atoms with Crippen molar-refractivity contribution in [2.75, 3.05) is 6.54 Å². The maximum absolute atomic E-state index is 13.0. The Hall–Kier alpha value is -3.51. The molecule has 0 fully saturated rings. The summed E-state index contributed by atoms with van der Waals surface area (Å²) >= 11 is 6.03. The minimum atomic E-state index is -0.195. The lowest BCUT2D eigenvalue weighted by molar-refractivity contribution is -0.131. The molecule has 1 aromatic heterocycles. The van der Waals surface area contributed by atoms with Crippen LogP contribution in [0.1, 0.15) is 16.8 Å². The number of nitrogens with one attached hydrogen (secondary N) is 1. The van der Waals surface area contributed by atoms with Crippen molar-refractivity contribution in [2.24, 2.45) is 0 Å². The molecule has 0 saturated carbocycles. The fourth-order valence-electron chi connectivity index (χ4n) is 4.11. The van der Waals surface area contributed by atoms with Crippen LogP contribution in [0.4, 0.5) is 0 Å². The van der Waals surface area contributed by atoms with Crippen molar-refractivity contribution in [2.45, 2.75) is 19.4 Å². The zero-order chi connectivity index (χ0) is 21.5. The second kappa shape index (κ2) is 7.63. The number of H-pyrrole nitrogens is 1. The molecule has 2 heterocycles. The second-order valence-corrected chi connectivity index (χ2v) is 8.18. The predicted molar refractivity (Wildman–Crippen MR) is 119 cm³/mol. The number of carbonyl (C=O) groups is 1. The normalized spacial score (nSPS) is 13.4. The van der Waals surface area contributed by atoms with Gasteiger partial charge in [0.25, 0.3) is 0 Å². The highest BCUT2D eigenvalue weighted by Gasteiger charge is 2.27. The van der Waals surface area contributed by atoms with E-state index in [0.717, 1.165) is 27.6 Å². The summed E-state index contributed by atoms with van der Waals surface area (Å²) in [6.07, 6.45) is 0.974. The van der Waals surface area contributed by atoms with Crippen LogP contribution < -0.4 is 0 Å². The molecule has 0 bridgehead atoms. The van der Waals surface area contributed by atoms with Crippen LogP contribution in [0.2, 0.25) is 5.02 Å². The number of phenols is 2. The first kappa shape index (κ1) is 19.5. The summed E-state index contributed by atoms with van der Waals surface area (Å²) in [5.74, 6) is -0.267. The SMILES string of the molecule is O=C(Cc1ccc2ccccc2c1)N1CCc2[nH]nc(-c3cc(Cl)c(O)cc3O)c2C1. The number of rotatable bonds is 3. The number of amides is 1. The van der Waals surface area contributed by atoms with Gasteiger partial charge in [0.05, 0.1) is 11.4 Å². The Morgan fingerprint density at radius 2 is 1.87 bits per heavy atom. The zero-order valence-corrected chi connectivity index (χ0v) is 17.4. The summed E-state index contributed by atoms with van der Waals surface area (Å²) in [7, 11) is 0. The number of phenolic OH excluding ortho intramolecular Hbond substituents is 2. The van der Waals surface area contributed by atoms with Gasteiger partial charge in [-0.15, -0.1) is 0 Å². The van der Waals surface area contributed by atoms with Crippen LogP contribution in [-0.4, -0.2) is 37.8 Å². The molecule has 31 heavy (non-hydrogen) atoms. The number of aromatic nitrogens is 2. The lowest BCUT2D eigenvalue weighted by atomic mass is 9.99. The zero-order valence-electron chi connectivity index (χ0n) is 16.6. The van der Waals surface area contributed by atoms with Gasteiger partial charge in [0.15, 0.2) is 0 Å². The highest BCUT2D eigenvalue weighted by Crippen LogP contribution is 2.39. The molecule has 0 aliphatic carbocycles. The van der Waals surface area contributed by atoms with E-state index in [0.29, 0.717) is 37.2 Å². The first-order chi connectivity index (χ1) is 15.0. The van der Waals surface area contributed by atoms with E-state index in [-0.39, 0.29) is 22.4 Å². The van der Waals surface area contributed by atoms with Crippen LogP contribution in [-0.2, 0) is 24.2 Å². The van der Waals surface area contributed by atoms with Crippen molar-refractivity contribution in [1.29, 1.82) is 0 Å². The minimum Gasteiger partial charge on any atom is -0.507 e. The molecule has 5 rings (SSSR count). The van der Waals surface area contributed by atoms with Crippen molar-refractivity contribution in [3.63, 3.8) is 0 Å². The van der Waals surface area contributed by atoms with Crippen molar-refractivity contribution in [1.82, 2.24) is 15.1 Å². The number of halogens is 1. The van der Waals surface area contributed by atoms with E-state index in [1.54, 1.807) is 0 Å². The molecule has 3 N–H and O–H groups in total. The Morgan fingerprint density at radius 1 is 1.06 bits per heavy atom. The molecule has 3 aromatic carbocycles. The molecule has 0 spiro atoms. The summed E-state index contributed by atoms with van der Waals surface area (Å²) in [5, 5.41) is 29.8. The van der Waals surface area contributed by atoms with Crippen LogP contribution in [0.5, 0.6) is 11.5 Å². The van der Waals surface area contributed by atoms with Crippen molar-refractivity contribution >= 4 is 28.3 Å². The third-order valence-electron chi connectivity index (χ3n) is 5.78. The Labute approximate surface area is 183 Å². The van der Waals surface area contributed by atoms with Gasteiger partial charge in [-0.2, -0.15) is 5.10 Å². The molecule has 7 heteroatoms. The minimum absolute atomic E-state index is 0.0426. The van der Waals surface area contributed by atoms with Crippen LogP contribution in [0, 0.1) is 0 Å². The highest BCUT2D eigenvalue weighted by molar-refractivity contribution is 6.32. The Balaban J connectivity index is 1.39. The monoisotopic (exact) mass is 433 g/mol. The van der Waals surface area contributed by atoms with Gasteiger partial charge >= 0.3 is 0 Å². The molecule has 4 aromatic rings. The summed E-state index contributed by atoms with van der Waals surface area (Å²) < 4.78 is 0. The smallest absolute Gasteiger partial charge is 0.227 e. The predicted octanol–water partition coefficient (Wildman–Crippen LogP) is 4.42. The van der Waals surface area contributed by atoms with Crippen LogP contribution in [0.25, 0.3) is 22.0 Å². The van der Waals surface area contributed by atoms with Gasteiger partial charge in [-0.05, 0) is 22.4 Å². The first-order valence-corrected chi connectivity index (χ1v) is 10.4. The van der Waals surface area contributed by atoms with E-state index in [1.807, 2.05) is 35.2 Å². The first-order valence-electron chi connectivity index (χ1n) is 10.0. The molecular weight excluding hydrogens is 414 g/mol. The van der Waals surface area contributed by atoms with Gasteiger partial charge in [-0.25, -0.2) is 0 Å². The standard InChI is InChI=1S/C24H20ClN3O3/c25-19-11-17(21(29)12-22(19)30)24-18-13-28(8-7-20(18)26-27-24)23(31)10-14-5-6-15-3-1-2-4-16(15)9-14/h1-6,9,11-12,29-30H,7-8,10,13H2,(H,26,27). The largest absolute Gasteiger partial charge is 0.507 e. The fourth-order valence-corrected chi connectivity index (χ4v) is 4.27. The van der Waals surface area contributed by atoms with Gasteiger partial charge in [0.1, 0.15) is 17.2 Å². The Morgan fingerprint density at radius 3 is 2.71 bits per heavy atom. The Bertz CT molecular complexity index is 1310. The number of aromatic hydroxyl groups is 2. The molecular formula is C24H20ClN3O3. The summed E-state index contributed by atoms with van der Waals surface area (Å²) in [5.41, 5.74) is 3.73. The molecule has 1 aliphatic rings. The summed E-state index contributed by atoms with van der Waals surface area (Å²) in [6, 6.07) is 16.9. The van der Waals surface area contributed by atoms with E-state index >= 15 is 0 Å². The molecule has 156 valence electrons. The van der Waals surface area contributed by atoms with Crippen molar-refractivity contribution < 1.29 is 15.0 Å². The Kier molecular flexibility index (Phi) is 4.79. The van der Waals surface area contributed by atoms with Gasteiger partial charge in [-0.1, -0.05) is 54.1 Å². The molecule has 6 nitrogen and oxygen atoms in total. The third kappa shape index (κ3) is 3.59. The molecule has 1 aliphatic heterocycles. The molecule has 0 saturated heterocycles. The average molecular weight is 434 g/mol. The number of hydrogen-bond acceptors (Lipinski definition) is 4. The lowest BCUT2D eigenvalue weighted by Gasteiger charge is -2.27. The lowest BCUT2D eigenvalue weighted by Crippen LogP contribution is -2.36. The number of carbonyl (C=O) groups excluding carboxylic acids is 1. The summed E-state index contributed by atoms with van der Waals surface area (Å²) in [4.78, 5) is 14.9. The van der Waals surface area contributed by atoms with Crippen LogP contribution in [0.3, 0.4) is 0 Å². The maximum Gasteiger partial charge on any atom is 0.227 e. The molecule has 0 unspecified atom stereocenters. The third-order valence-corrected chi connectivity index (χ3v) is 6.08. The van der Waals surface area contributed by atoms with E-state index in [2.05, 4.69) is 22.3 Å². The van der Waals surface area contributed by atoms with E-state index in [9.17, 15) is 15.0 Å². The van der Waals surface area contributed by atoms with E-state index < -0.39 is 0 Å². The number of aromatic amines is 1. The van der Waals surface area contributed by atoms with Crippen LogP contribution >= 0.6 is 11.6 Å². The van der Waals surface area contributed by atoms with Crippen molar-refractivity contribution in [3.05, 3.63) is 76.4 Å². The van der Waals surface area contributed by atoms with E-state index in [4.69, 9.17) is 11.6 Å². The highest BCUT2D eigenvalue weighted by atomic mass is 35.5. The molecule has 0 radical (unpaired) electrons. The van der Waals surface area contributed by atoms with Gasteiger partial charge in [0, 0.05) is 42.4 Å². The van der Waals surface area contributed by atoms with Gasteiger partial charge in [-0.3, -0.25) is 9.89 Å². The number of benzene rings is 3. The maximum atomic E-state index is 13.0. The van der Waals surface area contributed by atoms with Gasteiger partial charge in [0.2, 0.25) is 5.91 Å². The number of hydrogen-bond donors (Lipinski definition) is 3. The summed E-state index contributed by atoms with van der Waals surface area (Å²) in [6.45, 7) is 0.995. The number of nitrogens with zero attached hydrogens (tertiary/aromatic N) is 2. The molecule has 0 atom stereocenters. The quantitative estimate of drug-likeness (QED) is 0.446. The number of fused-ring (bicyclic) bond motifs is 2. The topological polar surface area (TPSA) is 89.5 Å².